The molecule has 2 aromatic rings. The molecule has 0 saturated heterocycles. The molecule has 10 heteroatoms. The number of nitrogens with one attached hydrogen (secondary N) is 1. The van der Waals surface area contributed by atoms with Crippen molar-refractivity contribution in [3.63, 3.8) is 0 Å². The normalized spacial score (nSPS) is 12.3. The number of pyridine rings is 1. The van der Waals surface area contributed by atoms with Crippen LogP contribution in [-0.2, 0) is 6.18 Å². The Kier molecular flexibility index (Phi) is 4.90. The summed E-state index contributed by atoms with van der Waals surface area (Å²) in [5.74, 6) is -1.34. The van der Waals surface area contributed by atoms with Gasteiger partial charge in [0.15, 0.2) is 5.82 Å². The highest BCUT2D eigenvalue weighted by atomic mass is 35.5. The Balaban J connectivity index is 2.17. The van der Waals surface area contributed by atoms with Gasteiger partial charge in [-0.1, -0.05) is 11.6 Å². The molecule has 2 heterocycles. The number of carboxylic acids is 1. The summed E-state index contributed by atoms with van der Waals surface area (Å²) < 4.78 is 37.5. The van der Waals surface area contributed by atoms with Gasteiger partial charge in [-0.15, -0.1) is 11.3 Å². The molecule has 0 aliphatic heterocycles. The topological polar surface area (TPSA) is 77.4 Å². The van der Waals surface area contributed by atoms with Crippen molar-refractivity contribution in [3.05, 3.63) is 44.7 Å². The lowest BCUT2D eigenvalue weighted by Crippen LogP contribution is -2.20. The van der Waals surface area contributed by atoms with Crippen LogP contribution in [0.5, 0.6) is 0 Å². The Bertz CT molecular complexity index is 774. The molecule has 0 atom stereocenters. The number of carboxylic acid groups (broad SMARTS) is 1. The van der Waals surface area contributed by atoms with Crippen LogP contribution in [0.1, 0.15) is 27.0 Å². The summed E-state index contributed by atoms with van der Waals surface area (Å²) in [4.78, 5) is 14.9. The standard InChI is InChI=1S/C13H9ClF3N3O2S/c1-6(9-2-3-10(23-9)12(21)22)19-20-11-8(14)4-7(5-18-11)13(15,16)17/h2-5H,1H3,(H,18,20)(H,21,22)/p-1/b19-6-. The second-order valence-electron chi connectivity index (χ2n) is 4.31. The number of hydrogen-bond acceptors (Lipinski definition) is 6. The summed E-state index contributed by atoms with van der Waals surface area (Å²) in [6.07, 6.45) is -3.90. The number of rotatable bonds is 4. The molecule has 0 spiro atoms. The Hall–Kier alpha value is -2.13. The van der Waals surface area contributed by atoms with E-state index in [1.54, 1.807) is 6.92 Å². The predicted octanol–water partition coefficient (Wildman–Crippen LogP) is 3.01. The van der Waals surface area contributed by atoms with Gasteiger partial charge in [-0.05, 0) is 25.1 Å². The van der Waals surface area contributed by atoms with Crippen LogP contribution in [0.2, 0.25) is 5.02 Å². The molecule has 0 fully saturated rings. The molecular formula is C13H8ClF3N3O2S-. The number of aromatic nitrogens is 1. The van der Waals surface area contributed by atoms with Crippen molar-refractivity contribution in [3.8, 4) is 0 Å². The van der Waals surface area contributed by atoms with E-state index in [0.29, 0.717) is 16.8 Å². The van der Waals surface area contributed by atoms with Gasteiger partial charge in [0, 0.05) is 6.20 Å². The number of halogens is 4. The van der Waals surface area contributed by atoms with E-state index in [1.165, 1.54) is 12.1 Å². The number of nitrogens with zero attached hydrogens (tertiary/aromatic N) is 2. The van der Waals surface area contributed by atoms with E-state index in [4.69, 9.17) is 11.6 Å². The Morgan fingerprint density at radius 3 is 2.57 bits per heavy atom. The van der Waals surface area contributed by atoms with Crippen molar-refractivity contribution in [2.75, 3.05) is 5.43 Å². The third-order valence-electron chi connectivity index (χ3n) is 2.66. The van der Waals surface area contributed by atoms with E-state index >= 15 is 0 Å². The van der Waals surface area contributed by atoms with Gasteiger partial charge in [0.25, 0.3) is 0 Å². The van der Waals surface area contributed by atoms with Crippen LogP contribution in [0.25, 0.3) is 0 Å². The first-order valence-corrected chi connectivity index (χ1v) is 7.22. The number of hydrazone groups is 1. The van der Waals surface area contributed by atoms with Crippen molar-refractivity contribution in [2.24, 2.45) is 5.10 Å². The molecule has 1 N–H and O–H groups in total. The monoisotopic (exact) mass is 362 g/mol. The summed E-state index contributed by atoms with van der Waals surface area (Å²) in [7, 11) is 0. The number of carbonyl (C=O) groups excluding carboxylic acids is 1. The van der Waals surface area contributed by atoms with Crippen LogP contribution in [0.3, 0.4) is 0 Å². The Morgan fingerprint density at radius 1 is 1.39 bits per heavy atom. The fourth-order valence-corrected chi connectivity index (χ4v) is 2.50. The van der Waals surface area contributed by atoms with Crippen molar-refractivity contribution >= 4 is 40.4 Å². The number of thiophene rings is 1. The molecule has 0 saturated carbocycles. The molecule has 0 amide bonds. The van der Waals surface area contributed by atoms with E-state index in [1.807, 2.05) is 0 Å². The minimum atomic E-state index is -4.54. The van der Waals surface area contributed by atoms with Gasteiger partial charge in [0.2, 0.25) is 0 Å². The maximum absolute atomic E-state index is 12.5. The molecule has 0 aliphatic carbocycles. The van der Waals surface area contributed by atoms with Crippen molar-refractivity contribution in [1.29, 1.82) is 0 Å². The van der Waals surface area contributed by atoms with Crippen LogP contribution in [-0.4, -0.2) is 16.7 Å². The minimum Gasteiger partial charge on any atom is -0.544 e. The smallest absolute Gasteiger partial charge is 0.417 e. The molecule has 2 rings (SSSR count). The van der Waals surface area contributed by atoms with Gasteiger partial charge in [-0.3, -0.25) is 5.43 Å². The maximum Gasteiger partial charge on any atom is 0.417 e. The lowest BCUT2D eigenvalue weighted by molar-refractivity contribution is -0.254. The van der Waals surface area contributed by atoms with Gasteiger partial charge < -0.3 is 9.90 Å². The Morgan fingerprint density at radius 2 is 2.04 bits per heavy atom. The lowest BCUT2D eigenvalue weighted by Gasteiger charge is -2.08. The summed E-state index contributed by atoms with van der Waals surface area (Å²) in [6, 6.07) is 3.65. The molecule has 23 heavy (non-hydrogen) atoms. The summed E-state index contributed by atoms with van der Waals surface area (Å²) in [6.45, 7) is 1.59. The molecule has 0 unspecified atom stereocenters. The first kappa shape index (κ1) is 17.2. The highest BCUT2D eigenvalue weighted by Gasteiger charge is 2.31. The van der Waals surface area contributed by atoms with Gasteiger partial charge in [-0.2, -0.15) is 18.3 Å². The molecule has 0 radical (unpaired) electrons. The number of alkyl halides is 3. The second-order valence-corrected chi connectivity index (χ2v) is 5.80. The van der Waals surface area contributed by atoms with Crippen molar-refractivity contribution in [2.45, 2.75) is 13.1 Å². The molecule has 0 aromatic carbocycles. The first-order chi connectivity index (χ1) is 10.7. The van der Waals surface area contributed by atoms with E-state index in [9.17, 15) is 23.1 Å². The van der Waals surface area contributed by atoms with E-state index in [2.05, 4.69) is 15.5 Å². The van der Waals surface area contributed by atoms with E-state index in [-0.39, 0.29) is 15.7 Å². The summed E-state index contributed by atoms with van der Waals surface area (Å²) in [5.41, 5.74) is 1.90. The zero-order valence-corrected chi connectivity index (χ0v) is 13.0. The Labute approximate surface area is 137 Å². The molecule has 0 bridgehead atoms. The number of anilines is 1. The number of carbonyl (C=O) groups is 1. The third-order valence-corrected chi connectivity index (χ3v) is 4.12. The summed E-state index contributed by atoms with van der Waals surface area (Å²) in [5, 5.41) is 14.4. The fraction of sp³-hybridized carbons (Fsp3) is 0.154. The average Bonchev–Trinajstić information content (AvgIpc) is 2.94. The molecule has 2 aromatic heterocycles. The van der Waals surface area contributed by atoms with Crippen LogP contribution in [0.4, 0.5) is 19.0 Å². The van der Waals surface area contributed by atoms with Crippen molar-refractivity contribution < 1.29 is 23.1 Å². The van der Waals surface area contributed by atoms with Crippen LogP contribution in [0.15, 0.2) is 29.5 Å². The third kappa shape index (κ3) is 4.20. The average molecular weight is 363 g/mol. The van der Waals surface area contributed by atoms with E-state index in [0.717, 1.165) is 17.4 Å². The largest absolute Gasteiger partial charge is 0.544 e. The molecule has 5 nitrogen and oxygen atoms in total. The highest BCUT2D eigenvalue weighted by molar-refractivity contribution is 7.15. The summed E-state index contributed by atoms with van der Waals surface area (Å²) >= 11 is 6.69. The SMILES string of the molecule is C/C(=N/Nc1ncc(C(F)(F)F)cc1Cl)c1ccc(C(=O)[O-])s1. The van der Waals surface area contributed by atoms with Crippen LogP contribution in [0, 0.1) is 0 Å². The quantitative estimate of drug-likeness (QED) is 0.670. The maximum atomic E-state index is 12.5. The zero-order chi connectivity index (χ0) is 17.2. The van der Waals surface area contributed by atoms with Crippen LogP contribution >= 0.6 is 22.9 Å². The van der Waals surface area contributed by atoms with Gasteiger partial charge in [0.05, 0.1) is 32.0 Å². The molecule has 122 valence electrons. The number of hydrogen-bond donors (Lipinski definition) is 1. The minimum absolute atomic E-state index is 0.0419. The lowest BCUT2D eigenvalue weighted by atomic mass is 10.3. The van der Waals surface area contributed by atoms with E-state index < -0.39 is 17.7 Å². The fourth-order valence-electron chi connectivity index (χ4n) is 1.51. The van der Waals surface area contributed by atoms with Gasteiger partial charge in [-0.25, -0.2) is 4.98 Å². The van der Waals surface area contributed by atoms with Gasteiger partial charge in [0.1, 0.15) is 0 Å². The number of aromatic carboxylic acids is 1. The molecule has 0 aliphatic rings. The van der Waals surface area contributed by atoms with Crippen molar-refractivity contribution in [1.82, 2.24) is 4.98 Å². The highest BCUT2D eigenvalue weighted by Crippen LogP contribution is 2.32. The first-order valence-electron chi connectivity index (χ1n) is 6.03. The second kappa shape index (κ2) is 6.55. The van der Waals surface area contributed by atoms with Crippen LogP contribution < -0.4 is 10.5 Å². The van der Waals surface area contributed by atoms with Gasteiger partial charge >= 0.3 is 6.18 Å². The predicted molar refractivity (Wildman–Crippen MR) is 78.7 cm³/mol. The zero-order valence-electron chi connectivity index (χ0n) is 11.4. The molecular weight excluding hydrogens is 355 g/mol.